The number of halogens is 1. The van der Waals surface area contributed by atoms with E-state index in [9.17, 15) is 13.2 Å². The summed E-state index contributed by atoms with van der Waals surface area (Å²) in [5.74, 6) is -0.0590. The van der Waals surface area contributed by atoms with Crippen LogP contribution in [0.5, 0.6) is 0 Å². The fourth-order valence-electron chi connectivity index (χ4n) is 1.39. The summed E-state index contributed by atoms with van der Waals surface area (Å²) < 4.78 is 22.4. The van der Waals surface area contributed by atoms with E-state index < -0.39 is 10.0 Å². The summed E-state index contributed by atoms with van der Waals surface area (Å²) in [6, 6.07) is 4.19. The van der Waals surface area contributed by atoms with Crippen LogP contribution < -0.4 is 10.5 Å². The fourth-order valence-corrected chi connectivity index (χ4v) is 2.46. The van der Waals surface area contributed by atoms with Crippen molar-refractivity contribution in [2.45, 2.75) is 17.7 Å². The largest absolute Gasteiger partial charge is 0.326 e. The van der Waals surface area contributed by atoms with Crippen molar-refractivity contribution in [3.8, 4) is 0 Å². The first-order valence-electron chi connectivity index (χ1n) is 5.01. The zero-order valence-corrected chi connectivity index (χ0v) is 10.4. The second kappa shape index (κ2) is 4.29. The van der Waals surface area contributed by atoms with E-state index in [1.807, 2.05) is 0 Å². The zero-order valence-electron chi connectivity index (χ0n) is 8.81. The summed E-state index contributed by atoms with van der Waals surface area (Å²) in [5, 5.41) is 7.67. The van der Waals surface area contributed by atoms with Crippen LogP contribution in [0.25, 0.3) is 0 Å². The molecule has 0 atom stereocenters. The van der Waals surface area contributed by atoms with Gasteiger partial charge in [-0.05, 0) is 31.0 Å². The van der Waals surface area contributed by atoms with Gasteiger partial charge in [0.05, 0.1) is 5.02 Å². The molecule has 0 spiro atoms. The second-order valence-electron chi connectivity index (χ2n) is 3.95. The molecule has 0 unspecified atom stereocenters. The number of hydrogen-bond donors (Lipinski definition) is 2. The van der Waals surface area contributed by atoms with Crippen molar-refractivity contribution in [2.75, 3.05) is 5.32 Å². The maximum Gasteiger partial charge on any atom is 0.239 e. The highest BCUT2D eigenvalue weighted by molar-refractivity contribution is 7.89. The highest BCUT2D eigenvalue weighted by Gasteiger charge is 2.29. The summed E-state index contributed by atoms with van der Waals surface area (Å²) in [6.07, 6.45) is 1.75. The molecule has 0 bridgehead atoms. The Balaban J connectivity index is 2.27. The maximum atomic E-state index is 11.5. The number of carbonyl (C=O) groups is 1. The molecule has 2 rings (SSSR count). The van der Waals surface area contributed by atoms with Crippen LogP contribution in [0.4, 0.5) is 5.69 Å². The number of carbonyl (C=O) groups excluding carboxylic acids is 1. The lowest BCUT2D eigenvalue weighted by atomic mass is 10.3. The molecule has 7 heteroatoms. The van der Waals surface area contributed by atoms with E-state index in [0.29, 0.717) is 5.69 Å². The molecule has 17 heavy (non-hydrogen) atoms. The smallest absolute Gasteiger partial charge is 0.239 e. The SMILES string of the molecule is NS(=O)(=O)c1cc(NC(=O)C2CC2)ccc1Cl. The Morgan fingerprint density at radius 2 is 2.06 bits per heavy atom. The van der Waals surface area contributed by atoms with Gasteiger partial charge in [0.1, 0.15) is 4.90 Å². The quantitative estimate of drug-likeness (QED) is 0.871. The van der Waals surface area contributed by atoms with Crippen molar-refractivity contribution in [3.05, 3.63) is 23.2 Å². The molecule has 1 saturated carbocycles. The first kappa shape index (κ1) is 12.3. The molecule has 1 aliphatic carbocycles. The van der Waals surface area contributed by atoms with Gasteiger partial charge in [0, 0.05) is 11.6 Å². The van der Waals surface area contributed by atoms with Crippen LogP contribution in [0.3, 0.4) is 0 Å². The van der Waals surface area contributed by atoms with Crippen molar-refractivity contribution in [1.82, 2.24) is 0 Å². The number of sulfonamides is 1. The van der Waals surface area contributed by atoms with Gasteiger partial charge in [-0.2, -0.15) is 0 Å². The van der Waals surface area contributed by atoms with Gasteiger partial charge in [-0.3, -0.25) is 4.79 Å². The first-order valence-corrected chi connectivity index (χ1v) is 6.93. The molecule has 1 aliphatic rings. The van der Waals surface area contributed by atoms with Crippen LogP contribution >= 0.6 is 11.6 Å². The van der Waals surface area contributed by atoms with Gasteiger partial charge in [-0.1, -0.05) is 11.6 Å². The number of hydrogen-bond acceptors (Lipinski definition) is 3. The molecule has 0 radical (unpaired) electrons. The minimum absolute atomic E-state index is 0.0388. The number of nitrogens with two attached hydrogens (primary N) is 1. The average Bonchev–Trinajstić information content (AvgIpc) is 3.02. The van der Waals surface area contributed by atoms with E-state index in [0.717, 1.165) is 12.8 Å². The van der Waals surface area contributed by atoms with Crippen molar-refractivity contribution in [1.29, 1.82) is 0 Å². The Hall–Kier alpha value is -1.11. The number of amides is 1. The molecule has 3 N–H and O–H groups in total. The van der Waals surface area contributed by atoms with Crippen molar-refractivity contribution in [3.63, 3.8) is 0 Å². The van der Waals surface area contributed by atoms with Crippen LogP contribution in [0.2, 0.25) is 5.02 Å². The monoisotopic (exact) mass is 274 g/mol. The van der Waals surface area contributed by atoms with Gasteiger partial charge >= 0.3 is 0 Å². The summed E-state index contributed by atoms with van der Waals surface area (Å²) in [4.78, 5) is 11.3. The predicted octanol–water partition coefficient (Wildman–Crippen LogP) is 1.34. The number of rotatable bonds is 3. The van der Waals surface area contributed by atoms with Crippen LogP contribution in [-0.4, -0.2) is 14.3 Å². The van der Waals surface area contributed by atoms with E-state index in [-0.39, 0.29) is 21.7 Å². The van der Waals surface area contributed by atoms with Gasteiger partial charge in [0.15, 0.2) is 0 Å². The Morgan fingerprint density at radius 1 is 1.41 bits per heavy atom. The lowest BCUT2D eigenvalue weighted by molar-refractivity contribution is -0.117. The second-order valence-corrected chi connectivity index (χ2v) is 5.89. The molecular weight excluding hydrogens is 264 g/mol. The Labute approximate surface area is 104 Å². The summed E-state index contributed by atoms with van der Waals surface area (Å²) in [7, 11) is -3.88. The molecule has 1 aromatic carbocycles. The average molecular weight is 275 g/mol. The van der Waals surface area contributed by atoms with Crippen molar-refractivity contribution in [2.24, 2.45) is 11.1 Å². The molecule has 1 fully saturated rings. The van der Waals surface area contributed by atoms with E-state index in [4.69, 9.17) is 16.7 Å². The van der Waals surface area contributed by atoms with Crippen LogP contribution in [0.15, 0.2) is 23.1 Å². The third kappa shape index (κ3) is 2.96. The minimum atomic E-state index is -3.88. The van der Waals surface area contributed by atoms with Gasteiger partial charge < -0.3 is 5.32 Å². The molecule has 0 heterocycles. The minimum Gasteiger partial charge on any atom is -0.326 e. The molecule has 1 aromatic rings. The molecule has 0 saturated heterocycles. The normalized spacial score (nSPS) is 15.6. The Morgan fingerprint density at radius 3 is 2.59 bits per heavy atom. The van der Waals surface area contributed by atoms with Crippen molar-refractivity contribution >= 4 is 33.2 Å². The third-order valence-corrected chi connectivity index (χ3v) is 3.85. The molecule has 1 amide bonds. The highest BCUT2D eigenvalue weighted by Crippen LogP contribution is 2.31. The van der Waals surface area contributed by atoms with Crippen LogP contribution in [-0.2, 0) is 14.8 Å². The Bertz CT molecular complexity index is 567. The lowest BCUT2D eigenvalue weighted by Crippen LogP contribution is -2.16. The maximum absolute atomic E-state index is 11.5. The lowest BCUT2D eigenvalue weighted by Gasteiger charge is -2.07. The summed E-state index contributed by atoms with van der Waals surface area (Å²) >= 11 is 5.72. The molecular formula is C10H11ClN2O3S. The van der Waals surface area contributed by atoms with Gasteiger partial charge in [0.2, 0.25) is 15.9 Å². The molecule has 5 nitrogen and oxygen atoms in total. The number of benzene rings is 1. The van der Waals surface area contributed by atoms with E-state index >= 15 is 0 Å². The molecule has 0 aromatic heterocycles. The standard InChI is InChI=1S/C10H11ClN2O3S/c11-8-4-3-7(5-9(8)17(12,15)16)13-10(14)6-1-2-6/h3-6H,1-2H2,(H,13,14)(H2,12,15,16). The van der Waals surface area contributed by atoms with Gasteiger partial charge in [-0.25, -0.2) is 13.6 Å². The van der Waals surface area contributed by atoms with Crippen molar-refractivity contribution < 1.29 is 13.2 Å². The third-order valence-electron chi connectivity index (χ3n) is 2.45. The zero-order chi connectivity index (χ0) is 12.6. The fraction of sp³-hybridized carbons (Fsp3) is 0.300. The Kier molecular flexibility index (Phi) is 3.11. The molecule has 0 aliphatic heterocycles. The van der Waals surface area contributed by atoms with Gasteiger partial charge in [0.25, 0.3) is 0 Å². The molecule has 92 valence electrons. The van der Waals surface area contributed by atoms with Crippen LogP contribution in [0.1, 0.15) is 12.8 Å². The van der Waals surface area contributed by atoms with E-state index in [2.05, 4.69) is 5.32 Å². The number of primary sulfonamides is 1. The summed E-state index contributed by atoms with van der Waals surface area (Å²) in [6.45, 7) is 0. The topological polar surface area (TPSA) is 89.3 Å². The number of anilines is 1. The number of nitrogens with one attached hydrogen (secondary N) is 1. The van der Waals surface area contributed by atoms with E-state index in [1.165, 1.54) is 18.2 Å². The predicted molar refractivity (Wildman–Crippen MR) is 64.2 cm³/mol. The van der Waals surface area contributed by atoms with Gasteiger partial charge in [-0.15, -0.1) is 0 Å². The summed E-state index contributed by atoms with van der Waals surface area (Å²) in [5.41, 5.74) is 0.385. The first-order chi connectivity index (χ1) is 7.88. The highest BCUT2D eigenvalue weighted by atomic mass is 35.5. The van der Waals surface area contributed by atoms with E-state index in [1.54, 1.807) is 0 Å². The van der Waals surface area contributed by atoms with Crippen LogP contribution in [0, 0.1) is 5.92 Å².